The van der Waals surface area contributed by atoms with Crippen LogP contribution in [0.1, 0.15) is 39.8 Å². The second-order valence-corrected chi connectivity index (χ2v) is 7.59. The normalized spacial score (nSPS) is 12.4. The highest BCUT2D eigenvalue weighted by molar-refractivity contribution is 7.09. The van der Waals surface area contributed by atoms with Gasteiger partial charge in [0.2, 0.25) is 0 Å². The van der Waals surface area contributed by atoms with Crippen LogP contribution in [-0.2, 0) is 6.54 Å². The van der Waals surface area contributed by atoms with Crippen LogP contribution >= 0.6 is 11.3 Å². The molecule has 3 aromatic heterocycles. The number of carbonyl (C=O) groups is 1. The van der Waals surface area contributed by atoms with E-state index in [1.165, 1.54) is 5.39 Å². The van der Waals surface area contributed by atoms with E-state index in [4.69, 9.17) is 0 Å². The van der Waals surface area contributed by atoms with Gasteiger partial charge in [-0.1, -0.05) is 18.2 Å². The zero-order valence-electron chi connectivity index (χ0n) is 15.5. The lowest BCUT2D eigenvalue weighted by atomic mass is 10.2. The fourth-order valence-corrected chi connectivity index (χ4v) is 4.00. The van der Waals surface area contributed by atoms with Crippen molar-refractivity contribution in [2.24, 2.45) is 0 Å². The van der Waals surface area contributed by atoms with E-state index in [9.17, 15) is 4.79 Å². The number of rotatable bonds is 5. The summed E-state index contributed by atoms with van der Waals surface area (Å²) < 4.78 is 2.14. The van der Waals surface area contributed by atoms with Gasteiger partial charge in [-0.25, -0.2) is 4.98 Å². The molecule has 4 aromatic rings. The maximum absolute atomic E-state index is 12.8. The molecule has 0 fully saturated rings. The summed E-state index contributed by atoms with van der Waals surface area (Å²) in [6.07, 6.45) is 2.05. The third-order valence-corrected chi connectivity index (χ3v) is 5.90. The van der Waals surface area contributed by atoms with E-state index in [2.05, 4.69) is 37.9 Å². The second-order valence-electron chi connectivity index (χ2n) is 6.70. The van der Waals surface area contributed by atoms with Crippen LogP contribution in [0.3, 0.4) is 0 Å². The number of carbonyl (C=O) groups excluding carboxylic acids is 1. The molecule has 0 spiro atoms. The molecule has 6 nitrogen and oxygen atoms in total. The van der Waals surface area contributed by atoms with Crippen LogP contribution in [0, 0.1) is 6.92 Å². The van der Waals surface area contributed by atoms with Crippen molar-refractivity contribution in [3.8, 4) is 0 Å². The number of thiazole rings is 1. The standard InChI is InChI=1S/C20H21N5OS/c1-13-12-27-19(21-13)14(2)24(3)20(26)17-10-16(22-23-17)11-25-9-8-15-6-4-5-7-18(15)25/h4-10,12,14H,11H2,1-3H3,(H,22,23)/t14-/m0/s1. The molecule has 0 bridgehead atoms. The molecule has 0 aliphatic heterocycles. The molecule has 4 rings (SSSR count). The molecule has 0 saturated carbocycles. The van der Waals surface area contributed by atoms with Gasteiger partial charge in [-0.05, 0) is 37.4 Å². The molecule has 138 valence electrons. The number of amides is 1. The summed E-state index contributed by atoms with van der Waals surface area (Å²) in [5, 5.41) is 11.4. The Morgan fingerprint density at radius 1 is 1.33 bits per heavy atom. The molecule has 0 aliphatic carbocycles. The predicted molar refractivity (Wildman–Crippen MR) is 107 cm³/mol. The van der Waals surface area contributed by atoms with Crippen LogP contribution in [0.15, 0.2) is 48.0 Å². The summed E-state index contributed by atoms with van der Waals surface area (Å²) in [7, 11) is 1.79. The molecule has 0 unspecified atom stereocenters. The maximum atomic E-state index is 12.8. The third-order valence-electron chi connectivity index (χ3n) is 4.77. The van der Waals surface area contributed by atoms with Crippen molar-refractivity contribution in [1.29, 1.82) is 0 Å². The fraction of sp³-hybridized carbons (Fsp3) is 0.250. The molecule has 0 saturated heterocycles. The number of nitrogens with one attached hydrogen (secondary N) is 1. The molecule has 0 radical (unpaired) electrons. The smallest absolute Gasteiger partial charge is 0.274 e. The maximum Gasteiger partial charge on any atom is 0.274 e. The highest BCUT2D eigenvalue weighted by Gasteiger charge is 2.23. The minimum absolute atomic E-state index is 0.0928. The van der Waals surface area contributed by atoms with Crippen LogP contribution in [0.25, 0.3) is 10.9 Å². The fourth-order valence-electron chi connectivity index (χ4n) is 3.10. The van der Waals surface area contributed by atoms with Crippen molar-refractivity contribution in [2.75, 3.05) is 7.05 Å². The number of aromatic nitrogens is 4. The first-order chi connectivity index (χ1) is 13.0. The zero-order valence-corrected chi connectivity index (χ0v) is 16.3. The number of H-pyrrole nitrogens is 1. The second kappa shape index (κ2) is 7.00. The number of hydrogen-bond acceptors (Lipinski definition) is 4. The molecular formula is C20H21N5OS. The number of fused-ring (bicyclic) bond motifs is 1. The van der Waals surface area contributed by atoms with E-state index >= 15 is 0 Å². The Morgan fingerprint density at radius 3 is 2.93 bits per heavy atom. The first kappa shape index (κ1) is 17.5. The first-order valence-corrected chi connectivity index (χ1v) is 9.68. The van der Waals surface area contributed by atoms with Crippen molar-refractivity contribution in [3.63, 3.8) is 0 Å². The highest BCUT2D eigenvalue weighted by Crippen LogP contribution is 2.24. The number of aryl methyl sites for hydroxylation is 1. The molecule has 1 atom stereocenters. The molecule has 1 N–H and O–H groups in total. The Kier molecular flexibility index (Phi) is 4.53. The van der Waals surface area contributed by atoms with Gasteiger partial charge in [0.05, 0.1) is 18.3 Å². The number of hydrogen-bond donors (Lipinski definition) is 1. The van der Waals surface area contributed by atoms with E-state index in [0.717, 1.165) is 21.9 Å². The van der Waals surface area contributed by atoms with Gasteiger partial charge in [0, 0.05) is 29.8 Å². The Bertz CT molecular complexity index is 1090. The van der Waals surface area contributed by atoms with E-state index < -0.39 is 0 Å². The van der Waals surface area contributed by atoms with Gasteiger partial charge in [0.25, 0.3) is 5.91 Å². The lowest BCUT2D eigenvalue weighted by Gasteiger charge is -2.22. The average Bonchev–Trinajstić information content (AvgIpc) is 3.41. The number of benzene rings is 1. The molecule has 1 amide bonds. The van der Waals surface area contributed by atoms with Crippen molar-refractivity contribution in [3.05, 3.63) is 70.1 Å². The van der Waals surface area contributed by atoms with Crippen molar-refractivity contribution >= 4 is 28.1 Å². The van der Waals surface area contributed by atoms with E-state index in [-0.39, 0.29) is 11.9 Å². The largest absolute Gasteiger partial charge is 0.341 e. The molecule has 0 aliphatic rings. The summed E-state index contributed by atoms with van der Waals surface area (Å²) in [4.78, 5) is 19.0. The zero-order chi connectivity index (χ0) is 19.0. The Labute approximate surface area is 161 Å². The lowest BCUT2D eigenvalue weighted by Crippen LogP contribution is -2.29. The van der Waals surface area contributed by atoms with Crippen LogP contribution < -0.4 is 0 Å². The van der Waals surface area contributed by atoms with E-state index in [0.29, 0.717) is 12.2 Å². The SMILES string of the molecule is Cc1csc([C@H](C)N(C)C(=O)c2cc(Cn3ccc4ccccc43)[nH]n2)n1. The minimum atomic E-state index is -0.116. The molecule has 7 heteroatoms. The van der Waals surface area contributed by atoms with Gasteiger partial charge >= 0.3 is 0 Å². The summed E-state index contributed by atoms with van der Waals surface area (Å²) in [5.74, 6) is -0.116. The van der Waals surface area contributed by atoms with Gasteiger partial charge in [-0.3, -0.25) is 9.89 Å². The summed E-state index contributed by atoms with van der Waals surface area (Å²) in [5.41, 5.74) is 3.45. The molecule has 1 aromatic carbocycles. The average molecular weight is 379 g/mol. The van der Waals surface area contributed by atoms with Crippen molar-refractivity contribution in [1.82, 2.24) is 24.6 Å². The van der Waals surface area contributed by atoms with Gasteiger partial charge < -0.3 is 9.47 Å². The highest BCUT2D eigenvalue weighted by atomic mass is 32.1. The van der Waals surface area contributed by atoms with Crippen LogP contribution in [-0.4, -0.2) is 37.6 Å². The number of aromatic amines is 1. The van der Waals surface area contributed by atoms with Crippen molar-refractivity contribution < 1.29 is 4.79 Å². The van der Waals surface area contributed by atoms with Crippen LogP contribution in [0.2, 0.25) is 0 Å². The third kappa shape index (κ3) is 3.38. The lowest BCUT2D eigenvalue weighted by molar-refractivity contribution is 0.0736. The molecule has 3 heterocycles. The van der Waals surface area contributed by atoms with E-state index in [1.54, 1.807) is 23.3 Å². The number of nitrogens with zero attached hydrogens (tertiary/aromatic N) is 4. The Hall–Kier alpha value is -2.93. The first-order valence-electron chi connectivity index (χ1n) is 8.80. The Morgan fingerprint density at radius 2 is 2.15 bits per heavy atom. The Balaban J connectivity index is 1.50. The summed E-state index contributed by atoms with van der Waals surface area (Å²) >= 11 is 1.57. The molecular weight excluding hydrogens is 358 g/mol. The van der Waals surface area contributed by atoms with E-state index in [1.807, 2.05) is 43.6 Å². The van der Waals surface area contributed by atoms with Gasteiger partial charge in [-0.2, -0.15) is 5.10 Å². The summed E-state index contributed by atoms with van der Waals surface area (Å²) in [6.45, 7) is 4.58. The van der Waals surface area contributed by atoms with Gasteiger partial charge in [0.15, 0.2) is 0 Å². The monoisotopic (exact) mass is 379 g/mol. The predicted octanol–water partition coefficient (Wildman–Crippen LogP) is 4.01. The number of para-hydroxylation sites is 1. The van der Waals surface area contributed by atoms with Crippen LogP contribution in [0.5, 0.6) is 0 Å². The molecule has 27 heavy (non-hydrogen) atoms. The quantitative estimate of drug-likeness (QED) is 0.570. The summed E-state index contributed by atoms with van der Waals surface area (Å²) in [6, 6.07) is 12.0. The van der Waals surface area contributed by atoms with Crippen molar-refractivity contribution in [2.45, 2.75) is 26.4 Å². The van der Waals surface area contributed by atoms with Crippen LogP contribution in [0.4, 0.5) is 0 Å². The topological polar surface area (TPSA) is 66.8 Å². The van der Waals surface area contributed by atoms with Gasteiger partial charge in [-0.15, -0.1) is 11.3 Å². The van der Waals surface area contributed by atoms with Gasteiger partial charge in [0.1, 0.15) is 10.7 Å². The minimum Gasteiger partial charge on any atom is -0.341 e.